The van der Waals surface area contributed by atoms with Crippen molar-refractivity contribution in [2.24, 2.45) is 11.8 Å². The molecule has 1 rings (SSSR count). The van der Waals surface area contributed by atoms with Crippen molar-refractivity contribution in [2.75, 3.05) is 33.8 Å². The van der Waals surface area contributed by atoms with Gasteiger partial charge in [-0.3, -0.25) is 4.79 Å². The summed E-state index contributed by atoms with van der Waals surface area (Å²) in [6.07, 6.45) is 1.16. The molecule has 1 unspecified atom stereocenters. The van der Waals surface area contributed by atoms with Gasteiger partial charge >= 0.3 is 0 Å². The molecule has 0 saturated carbocycles. The van der Waals surface area contributed by atoms with Crippen LogP contribution in [0.5, 0.6) is 0 Å². The van der Waals surface area contributed by atoms with Crippen molar-refractivity contribution < 1.29 is 9.53 Å². The van der Waals surface area contributed by atoms with E-state index in [1.807, 2.05) is 0 Å². The van der Waals surface area contributed by atoms with Gasteiger partial charge in [0.15, 0.2) is 0 Å². The molecule has 0 aliphatic carbocycles. The number of piperidine rings is 1. The first-order valence-electron chi connectivity index (χ1n) is 6.39. The molecule has 1 aliphatic rings. The molecule has 0 radical (unpaired) electrons. The lowest BCUT2D eigenvalue weighted by atomic mass is 9.87. The second-order valence-electron chi connectivity index (χ2n) is 5.71. The molecular formula is C13H26N2O2. The third-order valence-corrected chi connectivity index (χ3v) is 3.87. The van der Waals surface area contributed by atoms with Crippen LogP contribution in [0.15, 0.2) is 0 Å². The van der Waals surface area contributed by atoms with Gasteiger partial charge in [-0.1, -0.05) is 6.92 Å². The highest BCUT2D eigenvalue weighted by Crippen LogP contribution is 2.21. The Labute approximate surface area is 105 Å². The summed E-state index contributed by atoms with van der Waals surface area (Å²) in [6, 6.07) is 0. The van der Waals surface area contributed by atoms with E-state index in [-0.39, 0.29) is 5.91 Å². The molecule has 1 amide bonds. The Kier molecular flexibility index (Phi) is 4.95. The predicted octanol–water partition coefficient (Wildman–Crippen LogP) is 1.12. The van der Waals surface area contributed by atoms with E-state index in [1.165, 1.54) is 0 Å². The first-order valence-corrected chi connectivity index (χ1v) is 6.39. The van der Waals surface area contributed by atoms with Gasteiger partial charge in [0.1, 0.15) is 5.60 Å². The van der Waals surface area contributed by atoms with Crippen molar-refractivity contribution in [1.82, 2.24) is 10.2 Å². The summed E-state index contributed by atoms with van der Waals surface area (Å²) in [6.45, 7) is 8.85. The fraction of sp³-hybridized carbons (Fsp3) is 0.923. The molecule has 0 aromatic rings. The lowest BCUT2D eigenvalue weighted by Gasteiger charge is -2.35. The fourth-order valence-electron chi connectivity index (χ4n) is 2.24. The molecule has 4 nitrogen and oxygen atoms in total. The average molecular weight is 242 g/mol. The van der Waals surface area contributed by atoms with Crippen LogP contribution in [0.2, 0.25) is 0 Å². The molecule has 0 spiro atoms. The second kappa shape index (κ2) is 5.83. The number of methoxy groups -OCH3 is 1. The summed E-state index contributed by atoms with van der Waals surface area (Å²) >= 11 is 0. The Morgan fingerprint density at radius 3 is 2.71 bits per heavy atom. The summed E-state index contributed by atoms with van der Waals surface area (Å²) in [5.41, 5.74) is -0.727. The van der Waals surface area contributed by atoms with Crippen molar-refractivity contribution >= 4 is 5.91 Å². The quantitative estimate of drug-likeness (QED) is 0.803. The number of carbonyl (C=O) groups excluding carboxylic acids is 1. The molecule has 0 aromatic carbocycles. The van der Waals surface area contributed by atoms with Gasteiger partial charge in [0, 0.05) is 20.2 Å². The minimum atomic E-state index is -0.727. The highest BCUT2D eigenvalue weighted by Gasteiger charge is 2.29. The van der Waals surface area contributed by atoms with Crippen molar-refractivity contribution in [2.45, 2.75) is 32.8 Å². The first-order chi connectivity index (χ1) is 7.86. The third kappa shape index (κ3) is 3.96. The largest absolute Gasteiger partial charge is 0.369 e. The maximum Gasteiger partial charge on any atom is 0.251 e. The molecule has 1 saturated heterocycles. The van der Waals surface area contributed by atoms with Gasteiger partial charge in [-0.05, 0) is 45.7 Å². The van der Waals surface area contributed by atoms with Crippen LogP contribution in [0.1, 0.15) is 27.2 Å². The first kappa shape index (κ1) is 14.5. The smallest absolute Gasteiger partial charge is 0.251 e. The maximum absolute atomic E-state index is 11.9. The topological polar surface area (TPSA) is 41.6 Å². The predicted molar refractivity (Wildman–Crippen MR) is 68.9 cm³/mol. The second-order valence-corrected chi connectivity index (χ2v) is 5.71. The fourth-order valence-corrected chi connectivity index (χ4v) is 2.24. The van der Waals surface area contributed by atoms with Crippen molar-refractivity contribution in [3.63, 3.8) is 0 Å². The number of carbonyl (C=O) groups is 1. The van der Waals surface area contributed by atoms with Crippen LogP contribution in [0.3, 0.4) is 0 Å². The van der Waals surface area contributed by atoms with E-state index in [9.17, 15) is 4.79 Å². The maximum atomic E-state index is 11.9. The minimum absolute atomic E-state index is 0.0221. The molecule has 0 bridgehead atoms. The van der Waals surface area contributed by atoms with Gasteiger partial charge in [0.2, 0.25) is 0 Å². The van der Waals surface area contributed by atoms with Crippen molar-refractivity contribution in [1.29, 1.82) is 0 Å². The summed E-state index contributed by atoms with van der Waals surface area (Å²) in [5.74, 6) is 1.20. The highest BCUT2D eigenvalue weighted by atomic mass is 16.5. The Morgan fingerprint density at radius 2 is 2.18 bits per heavy atom. The Morgan fingerprint density at radius 1 is 1.53 bits per heavy atom. The Balaban J connectivity index is 2.38. The zero-order valence-corrected chi connectivity index (χ0v) is 11.7. The van der Waals surface area contributed by atoms with Crippen LogP contribution in [0.4, 0.5) is 0 Å². The number of hydrogen-bond donors (Lipinski definition) is 1. The molecular weight excluding hydrogens is 216 g/mol. The van der Waals surface area contributed by atoms with Crippen LogP contribution in [0.25, 0.3) is 0 Å². The molecule has 1 heterocycles. The van der Waals surface area contributed by atoms with Crippen LogP contribution in [-0.2, 0) is 9.53 Å². The lowest BCUT2D eigenvalue weighted by Crippen LogP contribution is -2.47. The van der Waals surface area contributed by atoms with Gasteiger partial charge in [-0.15, -0.1) is 0 Å². The monoisotopic (exact) mass is 242 g/mol. The molecule has 4 heteroatoms. The van der Waals surface area contributed by atoms with E-state index in [1.54, 1.807) is 21.0 Å². The molecule has 1 fully saturated rings. The average Bonchev–Trinajstić information content (AvgIpc) is 2.27. The number of nitrogens with one attached hydrogen (secondary N) is 1. The molecule has 17 heavy (non-hydrogen) atoms. The molecule has 1 N–H and O–H groups in total. The van der Waals surface area contributed by atoms with Crippen LogP contribution >= 0.6 is 0 Å². The number of hydrogen-bond acceptors (Lipinski definition) is 3. The van der Waals surface area contributed by atoms with Gasteiger partial charge in [-0.25, -0.2) is 0 Å². The van der Waals surface area contributed by atoms with E-state index in [2.05, 4.69) is 24.2 Å². The third-order valence-electron chi connectivity index (χ3n) is 3.87. The summed E-state index contributed by atoms with van der Waals surface area (Å²) in [5, 5.41) is 3.01. The number of nitrogens with zero attached hydrogens (tertiary/aromatic N) is 1. The van der Waals surface area contributed by atoms with Crippen molar-refractivity contribution in [3.8, 4) is 0 Å². The summed E-state index contributed by atoms with van der Waals surface area (Å²) < 4.78 is 5.16. The van der Waals surface area contributed by atoms with Gasteiger partial charge in [-0.2, -0.15) is 0 Å². The number of ether oxygens (including phenoxy) is 1. The SMILES string of the molecule is COC(C)(C)C(=O)NCC1CCN(C)C[C@@H]1C. The van der Waals surface area contributed by atoms with Gasteiger partial charge < -0.3 is 15.0 Å². The Hall–Kier alpha value is -0.610. The number of rotatable bonds is 4. The molecule has 100 valence electrons. The number of likely N-dealkylation sites (tertiary alicyclic amines) is 1. The van der Waals surface area contributed by atoms with Gasteiger partial charge in [0.25, 0.3) is 5.91 Å². The highest BCUT2D eigenvalue weighted by molar-refractivity contribution is 5.84. The van der Waals surface area contributed by atoms with E-state index in [4.69, 9.17) is 4.74 Å². The molecule has 0 aromatic heterocycles. The molecule has 1 aliphatic heterocycles. The van der Waals surface area contributed by atoms with Crippen LogP contribution < -0.4 is 5.32 Å². The van der Waals surface area contributed by atoms with E-state index < -0.39 is 5.60 Å². The minimum Gasteiger partial charge on any atom is -0.369 e. The van der Waals surface area contributed by atoms with E-state index in [0.717, 1.165) is 26.1 Å². The Bertz CT molecular complexity index is 266. The zero-order chi connectivity index (χ0) is 13.1. The van der Waals surface area contributed by atoms with E-state index in [0.29, 0.717) is 11.8 Å². The summed E-state index contributed by atoms with van der Waals surface area (Å²) in [4.78, 5) is 14.2. The lowest BCUT2D eigenvalue weighted by molar-refractivity contribution is -0.139. The standard InChI is InChI=1S/C13H26N2O2/c1-10-9-15(4)7-6-11(10)8-14-12(16)13(2,3)17-5/h10-11H,6-9H2,1-5H3,(H,14,16)/t10-,11?/m0/s1. The zero-order valence-electron chi connectivity index (χ0n) is 11.7. The summed E-state index contributed by atoms with van der Waals surface area (Å²) in [7, 11) is 3.72. The van der Waals surface area contributed by atoms with E-state index >= 15 is 0 Å². The normalized spacial score (nSPS) is 26.9. The van der Waals surface area contributed by atoms with Crippen LogP contribution in [-0.4, -0.2) is 50.2 Å². The van der Waals surface area contributed by atoms with Crippen LogP contribution in [0, 0.1) is 11.8 Å². The number of amides is 1. The van der Waals surface area contributed by atoms with Crippen molar-refractivity contribution in [3.05, 3.63) is 0 Å². The van der Waals surface area contributed by atoms with Gasteiger partial charge in [0.05, 0.1) is 0 Å². The molecule has 2 atom stereocenters.